The highest BCUT2D eigenvalue weighted by Gasteiger charge is 2.01. The zero-order valence-corrected chi connectivity index (χ0v) is 10.4. The fraction of sp³-hybridized carbons (Fsp3) is 0.357. The van der Waals surface area contributed by atoms with Gasteiger partial charge in [-0.2, -0.15) is 0 Å². The summed E-state index contributed by atoms with van der Waals surface area (Å²) in [5.74, 6) is -0.649. The summed E-state index contributed by atoms with van der Waals surface area (Å²) in [5.41, 5.74) is 0.376. The molecule has 0 aromatic heterocycles. The Kier molecular flexibility index (Phi) is 6.08. The number of hydrogen-bond donors (Lipinski definition) is 2. The van der Waals surface area contributed by atoms with Crippen LogP contribution >= 0.6 is 0 Å². The molecule has 4 heteroatoms. The minimum Gasteiger partial charge on any atom is -0.393 e. The highest BCUT2D eigenvalue weighted by atomic mass is 19.1. The van der Waals surface area contributed by atoms with Crippen molar-refractivity contribution in [2.24, 2.45) is 0 Å². The maximum absolute atomic E-state index is 13.2. The van der Waals surface area contributed by atoms with E-state index in [1.165, 1.54) is 18.2 Å². The first-order chi connectivity index (χ1) is 8.63. The smallest absolute Gasteiger partial charge is 0.244 e. The van der Waals surface area contributed by atoms with E-state index in [0.29, 0.717) is 24.9 Å². The molecule has 0 aliphatic carbocycles. The van der Waals surface area contributed by atoms with Crippen LogP contribution in [0.3, 0.4) is 0 Å². The number of amides is 1. The topological polar surface area (TPSA) is 49.3 Å². The summed E-state index contributed by atoms with van der Waals surface area (Å²) in [7, 11) is 0. The van der Waals surface area contributed by atoms with E-state index in [9.17, 15) is 14.3 Å². The van der Waals surface area contributed by atoms with Crippen LogP contribution in [0.1, 0.15) is 25.3 Å². The molecule has 18 heavy (non-hydrogen) atoms. The lowest BCUT2D eigenvalue weighted by molar-refractivity contribution is -0.116. The van der Waals surface area contributed by atoms with Crippen molar-refractivity contribution < 1.29 is 14.3 Å². The van der Waals surface area contributed by atoms with Crippen LogP contribution in [-0.2, 0) is 4.79 Å². The number of carbonyl (C=O) groups excluding carboxylic acids is 1. The van der Waals surface area contributed by atoms with Crippen LogP contribution in [0.25, 0.3) is 6.08 Å². The van der Waals surface area contributed by atoms with Crippen molar-refractivity contribution in [3.63, 3.8) is 0 Å². The second-order valence-corrected chi connectivity index (χ2v) is 4.00. The van der Waals surface area contributed by atoms with Crippen LogP contribution in [0.15, 0.2) is 30.3 Å². The molecule has 1 amide bonds. The molecule has 0 bridgehead atoms. The molecule has 0 saturated heterocycles. The van der Waals surface area contributed by atoms with Gasteiger partial charge in [-0.3, -0.25) is 4.79 Å². The zero-order chi connectivity index (χ0) is 13.4. The zero-order valence-electron chi connectivity index (χ0n) is 10.4. The van der Waals surface area contributed by atoms with Gasteiger partial charge in [-0.15, -0.1) is 0 Å². The maximum Gasteiger partial charge on any atom is 0.244 e. The highest BCUT2D eigenvalue weighted by Crippen LogP contribution is 2.07. The normalized spacial score (nSPS) is 12.6. The van der Waals surface area contributed by atoms with Gasteiger partial charge in [0, 0.05) is 18.2 Å². The fourth-order valence-corrected chi connectivity index (χ4v) is 1.40. The van der Waals surface area contributed by atoms with Crippen LogP contribution in [0.5, 0.6) is 0 Å². The van der Waals surface area contributed by atoms with E-state index in [-0.39, 0.29) is 17.8 Å². The first kappa shape index (κ1) is 14.4. The van der Waals surface area contributed by atoms with Crippen LogP contribution < -0.4 is 5.32 Å². The van der Waals surface area contributed by atoms with Gasteiger partial charge in [-0.1, -0.05) is 25.1 Å². The Labute approximate surface area is 106 Å². The maximum atomic E-state index is 13.2. The monoisotopic (exact) mass is 251 g/mol. The summed E-state index contributed by atoms with van der Waals surface area (Å²) < 4.78 is 13.2. The predicted octanol–water partition coefficient (Wildman–Crippen LogP) is 2.12. The highest BCUT2D eigenvalue weighted by molar-refractivity contribution is 5.91. The van der Waals surface area contributed by atoms with Crippen LogP contribution in [0.2, 0.25) is 0 Å². The average Bonchev–Trinajstić information content (AvgIpc) is 2.37. The lowest BCUT2D eigenvalue weighted by Crippen LogP contribution is -2.25. The molecule has 2 N–H and O–H groups in total. The Morgan fingerprint density at radius 3 is 2.89 bits per heavy atom. The first-order valence-electron chi connectivity index (χ1n) is 6.02. The van der Waals surface area contributed by atoms with E-state index in [1.54, 1.807) is 18.2 Å². The quantitative estimate of drug-likeness (QED) is 0.761. The Bertz CT molecular complexity index is 418. The third-order valence-corrected chi connectivity index (χ3v) is 2.57. The van der Waals surface area contributed by atoms with E-state index in [4.69, 9.17) is 0 Å². The molecular weight excluding hydrogens is 233 g/mol. The van der Waals surface area contributed by atoms with E-state index in [1.807, 2.05) is 6.92 Å². The van der Waals surface area contributed by atoms with Crippen molar-refractivity contribution in [3.8, 4) is 0 Å². The molecular formula is C14H18FNO2. The van der Waals surface area contributed by atoms with Gasteiger partial charge in [0.25, 0.3) is 0 Å². The van der Waals surface area contributed by atoms with E-state index in [2.05, 4.69) is 5.32 Å². The third kappa shape index (κ3) is 5.10. The molecule has 0 aliphatic rings. The van der Waals surface area contributed by atoms with Crippen molar-refractivity contribution >= 4 is 12.0 Å². The Balaban J connectivity index is 2.38. The van der Waals surface area contributed by atoms with Gasteiger partial charge in [-0.25, -0.2) is 4.39 Å². The first-order valence-corrected chi connectivity index (χ1v) is 6.02. The summed E-state index contributed by atoms with van der Waals surface area (Å²) in [4.78, 5) is 11.4. The molecule has 0 radical (unpaired) electrons. The number of carbonyl (C=O) groups is 1. The predicted molar refractivity (Wildman–Crippen MR) is 69.4 cm³/mol. The SMILES string of the molecule is CCC(O)CCNC(=O)/C=C/c1ccccc1F. The number of hydrogen-bond acceptors (Lipinski definition) is 2. The van der Waals surface area contributed by atoms with Gasteiger partial charge in [0.1, 0.15) is 5.82 Å². The van der Waals surface area contributed by atoms with Crippen molar-refractivity contribution in [2.75, 3.05) is 6.54 Å². The number of rotatable bonds is 6. The van der Waals surface area contributed by atoms with Gasteiger partial charge >= 0.3 is 0 Å². The minimum absolute atomic E-state index is 0.290. The standard InChI is InChI=1S/C14H18FNO2/c1-2-12(17)9-10-16-14(18)8-7-11-5-3-4-6-13(11)15/h3-8,12,17H,2,9-10H2,1H3,(H,16,18)/b8-7+. The van der Waals surface area contributed by atoms with Crippen molar-refractivity contribution in [2.45, 2.75) is 25.9 Å². The summed E-state index contributed by atoms with van der Waals surface area (Å²) in [6.07, 6.45) is 3.52. The second kappa shape index (κ2) is 7.61. The van der Waals surface area contributed by atoms with Gasteiger partial charge in [0.15, 0.2) is 0 Å². The summed E-state index contributed by atoms with van der Waals surface area (Å²) >= 11 is 0. The molecule has 0 spiro atoms. The number of benzene rings is 1. The lowest BCUT2D eigenvalue weighted by Gasteiger charge is -2.07. The summed E-state index contributed by atoms with van der Waals surface area (Å²) in [6, 6.07) is 6.24. The molecule has 1 rings (SSSR count). The molecule has 0 heterocycles. The van der Waals surface area contributed by atoms with Crippen LogP contribution in [-0.4, -0.2) is 23.7 Å². The Morgan fingerprint density at radius 2 is 2.22 bits per heavy atom. The van der Waals surface area contributed by atoms with Gasteiger partial charge < -0.3 is 10.4 Å². The molecule has 0 fully saturated rings. The van der Waals surface area contributed by atoms with Gasteiger partial charge in [0.2, 0.25) is 5.91 Å². The molecule has 1 aromatic carbocycles. The van der Waals surface area contributed by atoms with Crippen molar-refractivity contribution in [3.05, 3.63) is 41.7 Å². The van der Waals surface area contributed by atoms with Gasteiger partial charge in [-0.05, 0) is 25.0 Å². The summed E-state index contributed by atoms with van der Waals surface area (Å²) in [5, 5.41) is 11.9. The second-order valence-electron chi connectivity index (χ2n) is 4.00. The van der Waals surface area contributed by atoms with Crippen LogP contribution in [0, 0.1) is 5.82 Å². The lowest BCUT2D eigenvalue weighted by atomic mass is 10.2. The molecule has 0 saturated carbocycles. The number of aliphatic hydroxyl groups is 1. The minimum atomic E-state index is -0.388. The average molecular weight is 251 g/mol. The molecule has 1 unspecified atom stereocenters. The van der Waals surface area contributed by atoms with Crippen LogP contribution in [0.4, 0.5) is 4.39 Å². The Hall–Kier alpha value is -1.68. The number of halogens is 1. The van der Waals surface area contributed by atoms with E-state index < -0.39 is 0 Å². The number of aliphatic hydroxyl groups excluding tert-OH is 1. The van der Waals surface area contributed by atoms with Gasteiger partial charge in [0.05, 0.1) is 6.10 Å². The third-order valence-electron chi connectivity index (χ3n) is 2.57. The fourth-order valence-electron chi connectivity index (χ4n) is 1.40. The molecule has 1 aromatic rings. The number of nitrogens with one attached hydrogen (secondary N) is 1. The summed E-state index contributed by atoms with van der Waals surface area (Å²) in [6.45, 7) is 2.29. The molecule has 98 valence electrons. The molecule has 3 nitrogen and oxygen atoms in total. The molecule has 0 aliphatic heterocycles. The molecule has 1 atom stereocenters. The van der Waals surface area contributed by atoms with Crippen molar-refractivity contribution in [1.82, 2.24) is 5.32 Å². The van der Waals surface area contributed by atoms with Crippen molar-refractivity contribution in [1.29, 1.82) is 0 Å². The van der Waals surface area contributed by atoms with E-state index in [0.717, 1.165) is 0 Å². The van der Waals surface area contributed by atoms with E-state index >= 15 is 0 Å². The largest absolute Gasteiger partial charge is 0.393 e. The Morgan fingerprint density at radius 1 is 1.50 bits per heavy atom.